The Hall–Kier alpha value is -1.62. The second-order valence-corrected chi connectivity index (χ2v) is 5.02. The lowest BCUT2D eigenvalue weighted by Crippen LogP contribution is -2.42. The normalized spacial score (nSPS) is 19.4. The fourth-order valence-electron chi connectivity index (χ4n) is 2.41. The van der Waals surface area contributed by atoms with Crippen molar-refractivity contribution in [3.63, 3.8) is 0 Å². The number of alkyl halides is 3. The van der Waals surface area contributed by atoms with Crippen LogP contribution in [0.1, 0.15) is 31.2 Å². The summed E-state index contributed by atoms with van der Waals surface area (Å²) in [4.78, 5) is 11.3. The SMILES string of the molecule is O=C1C=C(CC(O)(c2ccccc2)C(F)(F)F)CCC1. The zero-order chi connectivity index (χ0) is 14.8. The highest BCUT2D eigenvalue weighted by Gasteiger charge is 2.55. The maximum absolute atomic E-state index is 13.3. The van der Waals surface area contributed by atoms with Gasteiger partial charge in [0, 0.05) is 12.8 Å². The van der Waals surface area contributed by atoms with Gasteiger partial charge in [0.2, 0.25) is 0 Å². The molecule has 108 valence electrons. The van der Waals surface area contributed by atoms with Gasteiger partial charge in [-0.25, -0.2) is 0 Å². The predicted octanol–water partition coefficient (Wildman–Crippen LogP) is 3.51. The minimum Gasteiger partial charge on any atom is -0.376 e. The zero-order valence-corrected chi connectivity index (χ0v) is 10.8. The van der Waals surface area contributed by atoms with Crippen LogP contribution in [0.25, 0.3) is 0 Å². The smallest absolute Gasteiger partial charge is 0.376 e. The molecule has 20 heavy (non-hydrogen) atoms. The van der Waals surface area contributed by atoms with E-state index in [1.165, 1.54) is 30.3 Å². The average molecular weight is 284 g/mol. The highest BCUT2D eigenvalue weighted by molar-refractivity contribution is 5.91. The number of rotatable bonds is 3. The Morgan fingerprint density at radius 1 is 1.10 bits per heavy atom. The van der Waals surface area contributed by atoms with Crippen LogP contribution in [0.5, 0.6) is 0 Å². The van der Waals surface area contributed by atoms with Gasteiger partial charge in [-0.2, -0.15) is 13.2 Å². The summed E-state index contributed by atoms with van der Waals surface area (Å²) in [5.41, 5.74) is -2.80. The molecule has 0 radical (unpaired) electrons. The molecule has 5 heteroatoms. The van der Waals surface area contributed by atoms with Crippen molar-refractivity contribution < 1.29 is 23.1 Å². The summed E-state index contributed by atoms with van der Waals surface area (Å²) < 4.78 is 39.8. The van der Waals surface area contributed by atoms with E-state index in [2.05, 4.69) is 0 Å². The van der Waals surface area contributed by atoms with Gasteiger partial charge in [0.05, 0.1) is 0 Å². The summed E-state index contributed by atoms with van der Waals surface area (Å²) in [6.07, 6.45) is -2.84. The van der Waals surface area contributed by atoms with Crippen molar-refractivity contribution in [1.29, 1.82) is 0 Å². The van der Waals surface area contributed by atoms with Crippen LogP contribution in [-0.4, -0.2) is 17.1 Å². The van der Waals surface area contributed by atoms with Gasteiger partial charge in [0.25, 0.3) is 0 Å². The lowest BCUT2D eigenvalue weighted by atomic mass is 9.83. The van der Waals surface area contributed by atoms with E-state index in [0.717, 1.165) is 0 Å². The first-order valence-electron chi connectivity index (χ1n) is 6.40. The Kier molecular flexibility index (Phi) is 3.99. The topological polar surface area (TPSA) is 37.3 Å². The van der Waals surface area contributed by atoms with Gasteiger partial charge in [0.15, 0.2) is 11.4 Å². The fraction of sp³-hybridized carbons (Fsp3) is 0.400. The molecular formula is C15H15F3O2. The number of carbonyl (C=O) groups excluding carboxylic acids is 1. The lowest BCUT2D eigenvalue weighted by Gasteiger charge is -2.32. The monoisotopic (exact) mass is 284 g/mol. The molecule has 0 saturated heterocycles. The number of benzene rings is 1. The summed E-state index contributed by atoms with van der Waals surface area (Å²) in [6, 6.07) is 6.99. The van der Waals surface area contributed by atoms with Gasteiger partial charge in [0.1, 0.15) is 0 Å². The van der Waals surface area contributed by atoms with Crippen LogP contribution in [0.2, 0.25) is 0 Å². The van der Waals surface area contributed by atoms with Crippen LogP contribution < -0.4 is 0 Å². The molecule has 0 bridgehead atoms. The third kappa shape index (κ3) is 2.93. The van der Waals surface area contributed by atoms with E-state index in [9.17, 15) is 23.1 Å². The quantitative estimate of drug-likeness (QED) is 0.922. The number of aliphatic hydroxyl groups is 1. The maximum Gasteiger partial charge on any atom is 0.421 e. The summed E-state index contributed by atoms with van der Waals surface area (Å²) in [6.45, 7) is 0. The van der Waals surface area contributed by atoms with Crippen molar-refractivity contribution in [2.45, 2.75) is 37.5 Å². The van der Waals surface area contributed by atoms with Crippen LogP contribution in [0.4, 0.5) is 13.2 Å². The number of allylic oxidation sites excluding steroid dienone is 1. The first-order chi connectivity index (χ1) is 9.33. The van der Waals surface area contributed by atoms with Crippen molar-refractivity contribution in [2.24, 2.45) is 0 Å². The largest absolute Gasteiger partial charge is 0.421 e. The second kappa shape index (κ2) is 5.40. The Labute approximate surface area is 114 Å². The Bertz CT molecular complexity index is 520. The minimum atomic E-state index is -4.80. The van der Waals surface area contributed by atoms with Crippen molar-refractivity contribution in [3.05, 3.63) is 47.5 Å². The molecule has 0 fully saturated rings. The van der Waals surface area contributed by atoms with Gasteiger partial charge in [-0.1, -0.05) is 35.9 Å². The number of halogens is 3. The molecule has 1 aromatic carbocycles. The van der Waals surface area contributed by atoms with Gasteiger partial charge >= 0.3 is 6.18 Å². The van der Waals surface area contributed by atoms with Crippen LogP contribution in [0.15, 0.2) is 42.0 Å². The number of ketones is 1. The van der Waals surface area contributed by atoms with Gasteiger partial charge in [-0.15, -0.1) is 0 Å². The van der Waals surface area contributed by atoms with E-state index in [4.69, 9.17) is 0 Å². The predicted molar refractivity (Wildman–Crippen MR) is 68.0 cm³/mol. The van der Waals surface area contributed by atoms with Gasteiger partial charge in [-0.05, 0) is 24.5 Å². The van der Waals surface area contributed by atoms with E-state index >= 15 is 0 Å². The summed E-state index contributed by atoms with van der Waals surface area (Å²) >= 11 is 0. The van der Waals surface area contributed by atoms with Crippen molar-refractivity contribution in [3.8, 4) is 0 Å². The molecule has 1 aromatic rings. The summed E-state index contributed by atoms with van der Waals surface area (Å²) in [5.74, 6) is -0.177. The van der Waals surface area contributed by atoms with E-state index in [0.29, 0.717) is 24.8 Å². The standard InChI is InChI=1S/C15H15F3O2/c16-15(17,18)14(20,12-6-2-1-3-7-12)10-11-5-4-8-13(19)9-11/h1-3,6-7,9,20H,4-5,8,10H2. The number of carbonyl (C=O) groups is 1. The van der Waals surface area contributed by atoms with E-state index in [1.54, 1.807) is 6.07 Å². The molecule has 1 atom stereocenters. The molecule has 2 rings (SSSR count). The molecule has 0 aromatic heterocycles. The molecule has 0 amide bonds. The number of hydrogen-bond acceptors (Lipinski definition) is 2. The Balaban J connectivity index is 2.36. The maximum atomic E-state index is 13.3. The van der Waals surface area contributed by atoms with E-state index in [-0.39, 0.29) is 11.3 Å². The minimum absolute atomic E-state index is 0.177. The second-order valence-electron chi connectivity index (χ2n) is 5.02. The number of hydrogen-bond donors (Lipinski definition) is 1. The molecule has 0 saturated carbocycles. The lowest BCUT2D eigenvalue weighted by molar-refractivity contribution is -0.266. The van der Waals surface area contributed by atoms with Crippen molar-refractivity contribution in [2.75, 3.05) is 0 Å². The van der Waals surface area contributed by atoms with E-state index < -0.39 is 18.2 Å². The summed E-state index contributed by atoms with van der Waals surface area (Å²) in [7, 11) is 0. The summed E-state index contributed by atoms with van der Waals surface area (Å²) in [5, 5.41) is 10.2. The van der Waals surface area contributed by atoms with Gasteiger partial charge in [-0.3, -0.25) is 4.79 Å². The Morgan fingerprint density at radius 2 is 1.75 bits per heavy atom. The molecule has 0 heterocycles. The molecule has 1 N–H and O–H groups in total. The molecule has 0 aliphatic heterocycles. The molecule has 1 unspecified atom stereocenters. The van der Waals surface area contributed by atoms with Crippen molar-refractivity contribution in [1.82, 2.24) is 0 Å². The fourth-order valence-corrected chi connectivity index (χ4v) is 2.41. The average Bonchev–Trinajstić information content (AvgIpc) is 2.38. The van der Waals surface area contributed by atoms with Gasteiger partial charge < -0.3 is 5.11 Å². The third-order valence-electron chi connectivity index (χ3n) is 3.49. The van der Waals surface area contributed by atoms with E-state index in [1.807, 2.05) is 0 Å². The first kappa shape index (κ1) is 14.8. The Morgan fingerprint density at radius 3 is 2.30 bits per heavy atom. The highest BCUT2D eigenvalue weighted by atomic mass is 19.4. The van der Waals surface area contributed by atoms with Crippen LogP contribution in [0.3, 0.4) is 0 Å². The molecular weight excluding hydrogens is 269 g/mol. The molecule has 1 aliphatic carbocycles. The highest BCUT2D eigenvalue weighted by Crippen LogP contribution is 2.44. The third-order valence-corrected chi connectivity index (χ3v) is 3.49. The first-order valence-corrected chi connectivity index (χ1v) is 6.40. The molecule has 1 aliphatic rings. The molecule has 2 nitrogen and oxygen atoms in total. The van der Waals surface area contributed by atoms with Crippen molar-refractivity contribution >= 4 is 5.78 Å². The molecule has 0 spiro atoms. The van der Waals surface area contributed by atoms with Crippen LogP contribution >= 0.6 is 0 Å². The van der Waals surface area contributed by atoms with Crippen LogP contribution in [0, 0.1) is 0 Å². The van der Waals surface area contributed by atoms with Crippen LogP contribution in [-0.2, 0) is 10.4 Å². The zero-order valence-electron chi connectivity index (χ0n) is 10.8.